The summed E-state index contributed by atoms with van der Waals surface area (Å²) >= 11 is 1.93. The molecule has 4 nitrogen and oxygen atoms in total. The van der Waals surface area contributed by atoms with E-state index in [1.165, 1.54) is 19.3 Å². The van der Waals surface area contributed by atoms with Gasteiger partial charge >= 0.3 is 0 Å². The van der Waals surface area contributed by atoms with E-state index in [0.717, 1.165) is 16.9 Å². The third kappa shape index (κ3) is 1.77. The predicted octanol–water partition coefficient (Wildman–Crippen LogP) is 2.78. The van der Waals surface area contributed by atoms with Crippen LogP contribution in [-0.4, -0.2) is 26.0 Å². The molecular formula is C13H18N4S. The molecule has 0 bridgehead atoms. The van der Waals surface area contributed by atoms with Gasteiger partial charge in [0.2, 0.25) is 5.95 Å². The van der Waals surface area contributed by atoms with E-state index >= 15 is 0 Å². The van der Waals surface area contributed by atoms with Crippen LogP contribution in [0.5, 0.6) is 0 Å². The summed E-state index contributed by atoms with van der Waals surface area (Å²) in [7, 11) is 0. The molecule has 1 saturated carbocycles. The van der Waals surface area contributed by atoms with Gasteiger partial charge < -0.3 is 5.73 Å². The van der Waals surface area contributed by atoms with E-state index in [4.69, 9.17) is 5.73 Å². The molecule has 0 spiro atoms. The first-order valence-corrected chi connectivity index (χ1v) is 7.63. The van der Waals surface area contributed by atoms with Crippen LogP contribution in [0.2, 0.25) is 0 Å². The van der Waals surface area contributed by atoms with Crippen molar-refractivity contribution in [2.75, 3.05) is 12.0 Å². The average molecular weight is 262 g/mol. The van der Waals surface area contributed by atoms with Gasteiger partial charge in [-0.05, 0) is 38.2 Å². The summed E-state index contributed by atoms with van der Waals surface area (Å²) < 4.78 is 2.15. The molecule has 1 fully saturated rings. The number of hydrogen-bond donors (Lipinski definition) is 1. The number of aromatic nitrogens is 3. The molecule has 2 atom stereocenters. The molecule has 96 valence electrons. The van der Waals surface area contributed by atoms with E-state index in [2.05, 4.69) is 20.8 Å². The van der Waals surface area contributed by atoms with Crippen molar-refractivity contribution in [2.24, 2.45) is 0 Å². The first-order valence-electron chi connectivity index (χ1n) is 6.34. The lowest BCUT2D eigenvalue weighted by molar-refractivity contribution is 0.546. The number of nitrogens with zero attached hydrogens (tertiary/aromatic N) is 3. The van der Waals surface area contributed by atoms with Crippen LogP contribution in [0.15, 0.2) is 12.1 Å². The first kappa shape index (κ1) is 11.8. The van der Waals surface area contributed by atoms with Crippen LogP contribution in [0.4, 0.5) is 5.95 Å². The molecule has 2 aromatic heterocycles. The van der Waals surface area contributed by atoms with Crippen LogP contribution in [0, 0.1) is 6.92 Å². The molecule has 0 saturated heterocycles. The molecule has 1 aliphatic carbocycles. The van der Waals surface area contributed by atoms with Crippen molar-refractivity contribution in [2.45, 2.75) is 37.5 Å². The van der Waals surface area contributed by atoms with Gasteiger partial charge in [-0.15, -0.1) is 0 Å². The Hall–Kier alpha value is -1.23. The van der Waals surface area contributed by atoms with Crippen LogP contribution in [0.1, 0.15) is 31.0 Å². The van der Waals surface area contributed by atoms with E-state index in [0.29, 0.717) is 17.2 Å². The Morgan fingerprint density at radius 3 is 2.94 bits per heavy atom. The normalized spacial score (nSPS) is 23.9. The molecule has 2 heterocycles. The number of thioether (sulfide) groups is 1. The van der Waals surface area contributed by atoms with E-state index in [1.807, 2.05) is 30.8 Å². The van der Waals surface area contributed by atoms with Crippen LogP contribution >= 0.6 is 11.8 Å². The summed E-state index contributed by atoms with van der Waals surface area (Å²) in [5, 5.41) is 0.631. The van der Waals surface area contributed by atoms with Gasteiger partial charge in [0.15, 0.2) is 5.65 Å². The molecule has 3 rings (SSSR count). The Labute approximate surface area is 111 Å². The number of nitrogens with two attached hydrogens (primary N) is 1. The number of nitrogen functional groups attached to an aromatic ring is 1. The number of anilines is 1. The smallest absolute Gasteiger partial charge is 0.202 e. The van der Waals surface area contributed by atoms with E-state index in [1.54, 1.807) is 0 Å². The number of hydrogen-bond acceptors (Lipinski definition) is 4. The van der Waals surface area contributed by atoms with Gasteiger partial charge in [0.1, 0.15) is 5.52 Å². The minimum atomic E-state index is 0.444. The molecular weight excluding hydrogens is 244 g/mol. The Kier molecular flexibility index (Phi) is 2.93. The highest BCUT2D eigenvalue weighted by Crippen LogP contribution is 2.40. The van der Waals surface area contributed by atoms with Crippen molar-refractivity contribution >= 4 is 28.9 Å². The molecule has 2 unspecified atom stereocenters. The van der Waals surface area contributed by atoms with E-state index < -0.39 is 0 Å². The highest BCUT2D eigenvalue weighted by molar-refractivity contribution is 7.99. The zero-order valence-electron chi connectivity index (χ0n) is 10.8. The standard InChI is InChI=1S/C13H18N4S/c1-8-6-7-9-12(15-8)17(13(14)16-9)10-4-3-5-11(10)18-2/h6-7,10-11H,3-5H2,1-2H3,(H2,14,16). The maximum absolute atomic E-state index is 6.10. The van der Waals surface area contributed by atoms with E-state index in [-0.39, 0.29) is 0 Å². The van der Waals surface area contributed by atoms with Gasteiger partial charge in [-0.2, -0.15) is 11.8 Å². The fourth-order valence-electron chi connectivity index (χ4n) is 2.89. The summed E-state index contributed by atoms with van der Waals surface area (Å²) in [5.74, 6) is 0.606. The monoisotopic (exact) mass is 262 g/mol. The summed E-state index contributed by atoms with van der Waals surface area (Å²) in [6.45, 7) is 2.01. The van der Waals surface area contributed by atoms with Gasteiger partial charge in [0.05, 0.1) is 6.04 Å². The van der Waals surface area contributed by atoms with Gasteiger partial charge in [0.25, 0.3) is 0 Å². The van der Waals surface area contributed by atoms with Crippen LogP contribution < -0.4 is 5.73 Å². The first-order chi connectivity index (χ1) is 8.70. The molecule has 5 heteroatoms. The molecule has 2 N–H and O–H groups in total. The Bertz CT molecular complexity index is 578. The van der Waals surface area contributed by atoms with Crippen molar-refractivity contribution in [1.29, 1.82) is 0 Å². The van der Waals surface area contributed by atoms with E-state index in [9.17, 15) is 0 Å². The highest BCUT2D eigenvalue weighted by Gasteiger charge is 2.30. The van der Waals surface area contributed by atoms with Crippen molar-refractivity contribution in [1.82, 2.24) is 14.5 Å². The number of imidazole rings is 1. The number of pyridine rings is 1. The number of rotatable bonds is 2. The fraction of sp³-hybridized carbons (Fsp3) is 0.538. The predicted molar refractivity (Wildman–Crippen MR) is 76.9 cm³/mol. The molecule has 2 aromatic rings. The van der Waals surface area contributed by atoms with Crippen LogP contribution in [-0.2, 0) is 0 Å². The maximum atomic E-state index is 6.10. The molecule has 18 heavy (non-hydrogen) atoms. The lowest BCUT2D eigenvalue weighted by Gasteiger charge is -2.20. The average Bonchev–Trinajstić information content (AvgIpc) is 2.91. The Balaban J connectivity index is 2.15. The summed E-state index contributed by atoms with van der Waals surface area (Å²) in [4.78, 5) is 9.06. The minimum absolute atomic E-state index is 0.444. The summed E-state index contributed by atoms with van der Waals surface area (Å²) in [6, 6.07) is 4.44. The second-order valence-electron chi connectivity index (χ2n) is 4.91. The zero-order valence-corrected chi connectivity index (χ0v) is 11.6. The van der Waals surface area contributed by atoms with Crippen LogP contribution in [0.25, 0.3) is 11.2 Å². The molecule has 0 amide bonds. The van der Waals surface area contributed by atoms with Crippen LogP contribution in [0.3, 0.4) is 0 Å². The fourth-order valence-corrected chi connectivity index (χ4v) is 3.86. The lowest BCUT2D eigenvalue weighted by atomic mass is 10.2. The van der Waals surface area contributed by atoms with Gasteiger partial charge in [-0.3, -0.25) is 4.57 Å². The Morgan fingerprint density at radius 2 is 2.17 bits per heavy atom. The zero-order chi connectivity index (χ0) is 12.7. The quantitative estimate of drug-likeness (QED) is 0.904. The highest BCUT2D eigenvalue weighted by atomic mass is 32.2. The third-order valence-electron chi connectivity index (χ3n) is 3.76. The second kappa shape index (κ2) is 4.46. The third-order valence-corrected chi connectivity index (χ3v) is 4.91. The van der Waals surface area contributed by atoms with Gasteiger partial charge in [-0.1, -0.05) is 6.42 Å². The number of fused-ring (bicyclic) bond motifs is 1. The van der Waals surface area contributed by atoms with Gasteiger partial charge in [0, 0.05) is 10.9 Å². The van der Waals surface area contributed by atoms with Crippen molar-refractivity contribution in [3.05, 3.63) is 17.8 Å². The van der Waals surface area contributed by atoms with Crippen molar-refractivity contribution < 1.29 is 0 Å². The lowest BCUT2D eigenvalue weighted by Crippen LogP contribution is -2.18. The second-order valence-corrected chi connectivity index (χ2v) is 5.98. The SMILES string of the molecule is CSC1CCCC1n1c(N)nc2ccc(C)nc21. The molecule has 0 radical (unpaired) electrons. The largest absolute Gasteiger partial charge is 0.369 e. The molecule has 0 aliphatic heterocycles. The topological polar surface area (TPSA) is 56.7 Å². The molecule has 1 aliphatic rings. The number of aryl methyl sites for hydroxylation is 1. The molecule has 0 aromatic carbocycles. The maximum Gasteiger partial charge on any atom is 0.202 e. The van der Waals surface area contributed by atoms with Crippen molar-refractivity contribution in [3.63, 3.8) is 0 Å². The minimum Gasteiger partial charge on any atom is -0.369 e. The summed E-state index contributed by atoms with van der Waals surface area (Å²) in [6.07, 6.45) is 5.88. The van der Waals surface area contributed by atoms with Crippen molar-refractivity contribution in [3.8, 4) is 0 Å². The van der Waals surface area contributed by atoms with Gasteiger partial charge in [-0.25, -0.2) is 9.97 Å². The Morgan fingerprint density at radius 1 is 1.33 bits per heavy atom. The summed E-state index contributed by atoms with van der Waals surface area (Å²) in [5.41, 5.74) is 8.97.